The maximum absolute atomic E-state index is 11.8. The molecule has 0 aliphatic carbocycles. The van der Waals surface area contributed by atoms with Gasteiger partial charge in [-0.15, -0.1) is 0 Å². The molecule has 0 radical (unpaired) electrons. The van der Waals surface area contributed by atoms with E-state index in [1.54, 1.807) is 24.3 Å². The highest BCUT2D eigenvalue weighted by molar-refractivity contribution is 5.96. The van der Waals surface area contributed by atoms with E-state index in [9.17, 15) is 9.59 Å². The van der Waals surface area contributed by atoms with Crippen LogP contribution in [0, 0.1) is 0 Å². The predicted octanol–water partition coefficient (Wildman–Crippen LogP) is 1.86. The number of hydrogen-bond acceptors (Lipinski definition) is 4. The van der Waals surface area contributed by atoms with Crippen molar-refractivity contribution in [1.82, 2.24) is 0 Å². The number of fused-ring (bicyclic) bond motifs is 1. The van der Waals surface area contributed by atoms with E-state index >= 15 is 0 Å². The normalized spacial score (nSPS) is 12.3. The van der Waals surface area contributed by atoms with Crippen molar-refractivity contribution in [3.05, 3.63) is 40.8 Å². The summed E-state index contributed by atoms with van der Waals surface area (Å²) in [4.78, 5) is 22.8. The Labute approximate surface area is 110 Å². The first-order valence-corrected chi connectivity index (χ1v) is 6.20. The van der Waals surface area contributed by atoms with Gasteiger partial charge in [-0.05, 0) is 30.7 Å². The van der Waals surface area contributed by atoms with Crippen LogP contribution in [0.15, 0.2) is 39.5 Å². The standard InChI is InChI=1S/C14H16N2O3/c1-2-3-11(15)14(18)16-10-5-6-12-9(8-10)4-7-13(17)19-12/h4-8,11H,2-3,15H2,1H3,(H,16,18). The minimum Gasteiger partial charge on any atom is -0.423 e. The second kappa shape index (κ2) is 5.67. The number of anilines is 1. The lowest BCUT2D eigenvalue weighted by Crippen LogP contribution is -2.35. The van der Waals surface area contributed by atoms with Crippen molar-refractivity contribution in [2.24, 2.45) is 5.73 Å². The van der Waals surface area contributed by atoms with Crippen molar-refractivity contribution in [1.29, 1.82) is 0 Å². The van der Waals surface area contributed by atoms with Gasteiger partial charge in [0.2, 0.25) is 5.91 Å². The fourth-order valence-electron chi connectivity index (χ4n) is 1.83. The third kappa shape index (κ3) is 3.20. The number of benzene rings is 1. The molecule has 2 aromatic rings. The molecule has 100 valence electrons. The molecule has 2 rings (SSSR count). The summed E-state index contributed by atoms with van der Waals surface area (Å²) >= 11 is 0. The van der Waals surface area contributed by atoms with E-state index in [4.69, 9.17) is 10.2 Å². The van der Waals surface area contributed by atoms with Crippen LogP contribution in [0.4, 0.5) is 5.69 Å². The highest BCUT2D eigenvalue weighted by atomic mass is 16.4. The van der Waals surface area contributed by atoms with E-state index in [-0.39, 0.29) is 5.91 Å². The average molecular weight is 260 g/mol. The number of rotatable bonds is 4. The summed E-state index contributed by atoms with van der Waals surface area (Å²) in [6.07, 6.45) is 1.51. The first-order chi connectivity index (χ1) is 9.10. The molecule has 1 atom stereocenters. The Bertz CT molecular complexity index is 648. The zero-order valence-corrected chi connectivity index (χ0v) is 10.7. The van der Waals surface area contributed by atoms with Gasteiger partial charge < -0.3 is 15.5 Å². The Hall–Kier alpha value is -2.14. The second-order valence-electron chi connectivity index (χ2n) is 4.39. The fraction of sp³-hybridized carbons (Fsp3) is 0.286. The van der Waals surface area contributed by atoms with E-state index < -0.39 is 11.7 Å². The summed E-state index contributed by atoms with van der Waals surface area (Å²) in [7, 11) is 0. The second-order valence-corrected chi connectivity index (χ2v) is 4.39. The lowest BCUT2D eigenvalue weighted by molar-refractivity contribution is -0.117. The number of carbonyl (C=O) groups is 1. The van der Waals surface area contributed by atoms with Gasteiger partial charge in [0, 0.05) is 17.1 Å². The Morgan fingerprint density at radius 2 is 2.16 bits per heavy atom. The van der Waals surface area contributed by atoms with Crippen LogP contribution in [-0.2, 0) is 4.79 Å². The molecule has 0 saturated carbocycles. The number of nitrogens with two attached hydrogens (primary N) is 1. The largest absolute Gasteiger partial charge is 0.423 e. The summed E-state index contributed by atoms with van der Waals surface area (Å²) in [6.45, 7) is 1.98. The summed E-state index contributed by atoms with van der Waals surface area (Å²) < 4.78 is 5.01. The summed E-state index contributed by atoms with van der Waals surface area (Å²) in [6, 6.07) is 7.57. The minimum absolute atomic E-state index is 0.210. The Morgan fingerprint density at radius 1 is 1.37 bits per heavy atom. The molecule has 1 aromatic heterocycles. The predicted molar refractivity (Wildman–Crippen MR) is 74.0 cm³/mol. The number of amides is 1. The molecule has 3 N–H and O–H groups in total. The van der Waals surface area contributed by atoms with Crippen molar-refractivity contribution in [2.45, 2.75) is 25.8 Å². The van der Waals surface area contributed by atoms with Gasteiger partial charge in [0.1, 0.15) is 5.58 Å². The van der Waals surface area contributed by atoms with Crippen LogP contribution in [0.5, 0.6) is 0 Å². The fourth-order valence-corrected chi connectivity index (χ4v) is 1.83. The Balaban J connectivity index is 2.20. The van der Waals surface area contributed by atoms with E-state index in [1.165, 1.54) is 6.07 Å². The van der Waals surface area contributed by atoms with E-state index in [1.807, 2.05) is 6.92 Å². The number of nitrogens with one attached hydrogen (secondary N) is 1. The monoisotopic (exact) mass is 260 g/mol. The molecule has 1 amide bonds. The van der Waals surface area contributed by atoms with Crippen molar-refractivity contribution in [2.75, 3.05) is 5.32 Å². The van der Waals surface area contributed by atoms with Gasteiger partial charge in [-0.25, -0.2) is 4.79 Å². The molecule has 5 heteroatoms. The third-order valence-electron chi connectivity index (χ3n) is 2.82. The Kier molecular flexibility index (Phi) is 3.97. The van der Waals surface area contributed by atoms with Gasteiger partial charge in [-0.2, -0.15) is 0 Å². The van der Waals surface area contributed by atoms with Crippen LogP contribution in [0.1, 0.15) is 19.8 Å². The van der Waals surface area contributed by atoms with Gasteiger partial charge >= 0.3 is 5.63 Å². The molecule has 0 saturated heterocycles. The van der Waals surface area contributed by atoms with E-state index in [0.717, 1.165) is 11.8 Å². The van der Waals surface area contributed by atoms with Crippen LogP contribution >= 0.6 is 0 Å². The SMILES string of the molecule is CCCC(N)C(=O)Nc1ccc2oc(=O)ccc2c1. The molecule has 0 bridgehead atoms. The molecule has 1 aromatic carbocycles. The Morgan fingerprint density at radius 3 is 2.89 bits per heavy atom. The van der Waals surface area contributed by atoms with E-state index in [2.05, 4.69) is 5.32 Å². The molecular weight excluding hydrogens is 244 g/mol. The first-order valence-electron chi connectivity index (χ1n) is 6.20. The van der Waals surface area contributed by atoms with Crippen molar-refractivity contribution in [3.63, 3.8) is 0 Å². The summed E-state index contributed by atoms with van der Waals surface area (Å²) in [5.74, 6) is -0.210. The molecule has 0 spiro atoms. The lowest BCUT2D eigenvalue weighted by atomic mass is 10.1. The molecule has 0 aliphatic heterocycles. The van der Waals surface area contributed by atoms with Gasteiger partial charge in [0.25, 0.3) is 0 Å². The zero-order chi connectivity index (χ0) is 13.8. The highest BCUT2D eigenvalue weighted by Crippen LogP contribution is 2.17. The number of carbonyl (C=O) groups excluding carboxylic acids is 1. The maximum atomic E-state index is 11.8. The van der Waals surface area contributed by atoms with Gasteiger partial charge in [0.05, 0.1) is 6.04 Å². The smallest absolute Gasteiger partial charge is 0.336 e. The molecule has 0 fully saturated rings. The van der Waals surface area contributed by atoms with Gasteiger partial charge in [0.15, 0.2) is 0 Å². The molecule has 5 nitrogen and oxygen atoms in total. The van der Waals surface area contributed by atoms with Crippen LogP contribution in [0.25, 0.3) is 11.0 Å². The molecule has 0 aliphatic rings. The quantitative estimate of drug-likeness (QED) is 0.822. The number of hydrogen-bond donors (Lipinski definition) is 2. The molecule has 1 unspecified atom stereocenters. The highest BCUT2D eigenvalue weighted by Gasteiger charge is 2.12. The van der Waals surface area contributed by atoms with Crippen molar-refractivity contribution < 1.29 is 9.21 Å². The van der Waals surface area contributed by atoms with Crippen molar-refractivity contribution >= 4 is 22.6 Å². The van der Waals surface area contributed by atoms with Crippen LogP contribution in [0.2, 0.25) is 0 Å². The topological polar surface area (TPSA) is 85.3 Å². The van der Waals surface area contributed by atoms with Crippen LogP contribution < -0.4 is 16.7 Å². The maximum Gasteiger partial charge on any atom is 0.336 e. The average Bonchev–Trinajstić information content (AvgIpc) is 2.39. The van der Waals surface area contributed by atoms with Gasteiger partial charge in [-0.1, -0.05) is 13.3 Å². The minimum atomic E-state index is -0.505. The molecule has 1 heterocycles. The molecule has 19 heavy (non-hydrogen) atoms. The van der Waals surface area contributed by atoms with Gasteiger partial charge in [-0.3, -0.25) is 4.79 Å². The summed E-state index contributed by atoms with van der Waals surface area (Å²) in [5.41, 5.74) is 6.47. The third-order valence-corrected chi connectivity index (χ3v) is 2.82. The lowest BCUT2D eigenvalue weighted by Gasteiger charge is -2.11. The van der Waals surface area contributed by atoms with Crippen molar-refractivity contribution in [3.8, 4) is 0 Å². The van der Waals surface area contributed by atoms with Crippen LogP contribution in [-0.4, -0.2) is 11.9 Å². The summed E-state index contributed by atoms with van der Waals surface area (Å²) in [5, 5.41) is 3.50. The van der Waals surface area contributed by atoms with Crippen LogP contribution in [0.3, 0.4) is 0 Å². The zero-order valence-electron chi connectivity index (χ0n) is 10.7. The van der Waals surface area contributed by atoms with E-state index in [0.29, 0.717) is 17.7 Å². The first kappa shape index (κ1) is 13.3. The molecular formula is C14H16N2O3.